The van der Waals surface area contributed by atoms with Crippen LogP contribution in [-0.4, -0.2) is 27.7 Å². The van der Waals surface area contributed by atoms with Gasteiger partial charge in [0.2, 0.25) is 0 Å². The lowest BCUT2D eigenvalue weighted by atomic mass is 13.9. The maximum Gasteiger partial charge on any atom is 0.466 e. The van der Waals surface area contributed by atoms with E-state index in [0.717, 1.165) is 0 Å². The molecule has 0 rings (SSSR count). The lowest BCUT2D eigenvalue weighted by Gasteiger charge is -1.82. The monoisotopic (exact) mass is 195 g/mol. The SMILES string of the molecule is NS(=O)(=O)O.O=P(O)(O)O. The molecule has 0 saturated heterocycles. The van der Waals surface area contributed by atoms with Crippen LogP contribution in [0.1, 0.15) is 0 Å². The van der Waals surface area contributed by atoms with E-state index in [2.05, 4.69) is 5.14 Å². The van der Waals surface area contributed by atoms with Gasteiger partial charge in [0, 0.05) is 0 Å². The molecule has 0 aliphatic rings. The fourth-order valence-corrected chi connectivity index (χ4v) is 0. The molecule has 0 amide bonds. The largest absolute Gasteiger partial charge is 0.466 e. The van der Waals surface area contributed by atoms with Crippen LogP contribution in [-0.2, 0) is 14.9 Å². The van der Waals surface area contributed by atoms with Gasteiger partial charge in [0.25, 0.3) is 0 Å². The highest BCUT2D eigenvalue weighted by Gasteiger charge is 2.00. The van der Waals surface area contributed by atoms with E-state index in [9.17, 15) is 0 Å². The van der Waals surface area contributed by atoms with Crippen molar-refractivity contribution in [3.63, 3.8) is 0 Å². The summed E-state index contributed by atoms with van der Waals surface area (Å²) in [6.45, 7) is 0. The van der Waals surface area contributed by atoms with Gasteiger partial charge in [-0.1, -0.05) is 0 Å². The van der Waals surface area contributed by atoms with E-state index in [1.807, 2.05) is 0 Å². The van der Waals surface area contributed by atoms with Crippen LogP contribution in [0.4, 0.5) is 0 Å². The molecule has 0 bridgehead atoms. The molecule has 0 atom stereocenters. The summed E-state index contributed by atoms with van der Waals surface area (Å²) in [4.78, 5) is 21.6. The molecule has 0 heterocycles. The molecule has 0 radical (unpaired) electrons. The van der Waals surface area contributed by atoms with E-state index in [1.165, 1.54) is 0 Å². The Morgan fingerprint density at radius 3 is 1.20 bits per heavy atom. The normalized spacial score (nSPS) is 11.7. The minimum atomic E-state index is -4.64. The van der Waals surface area contributed by atoms with Crippen LogP contribution in [0, 0.1) is 0 Å². The van der Waals surface area contributed by atoms with Crippen molar-refractivity contribution >= 4 is 18.1 Å². The van der Waals surface area contributed by atoms with Crippen molar-refractivity contribution in [2.24, 2.45) is 5.14 Å². The predicted molar refractivity (Wildman–Crippen MR) is 30.0 cm³/mol. The average molecular weight is 195 g/mol. The van der Waals surface area contributed by atoms with Gasteiger partial charge in [-0.15, -0.1) is 0 Å². The third-order valence-electron chi connectivity index (χ3n) is 0. The second-order valence-corrected chi connectivity index (χ2v) is 3.08. The van der Waals surface area contributed by atoms with Gasteiger partial charge in [0.15, 0.2) is 0 Å². The highest BCUT2D eigenvalue weighted by atomic mass is 32.2. The van der Waals surface area contributed by atoms with Crippen molar-refractivity contribution < 1.29 is 32.2 Å². The number of hydrogen-bond donors (Lipinski definition) is 5. The average Bonchev–Trinajstić information content (AvgIpc) is 1.12. The summed E-state index contributed by atoms with van der Waals surface area (Å²) >= 11 is 0. The minimum Gasteiger partial charge on any atom is -0.303 e. The van der Waals surface area contributed by atoms with Crippen molar-refractivity contribution in [2.45, 2.75) is 0 Å². The van der Waals surface area contributed by atoms with Gasteiger partial charge < -0.3 is 14.7 Å². The fourth-order valence-electron chi connectivity index (χ4n) is 0. The highest BCUT2D eigenvalue weighted by Crippen LogP contribution is 2.25. The summed E-state index contributed by atoms with van der Waals surface area (Å²) in [6.07, 6.45) is 0. The molecular weight excluding hydrogens is 189 g/mol. The van der Waals surface area contributed by atoms with Crippen molar-refractivity contribution in [3.8, 4) is 0 Å². The zero-order valence-corrected chi connectivity index (χ0v) is 6.16. The maximum absolute atomic E-state index is 8.97. The Morgan fingerprint density at radius 2 is 1.20 bits per heavy atom. The van der Waals surface area contributed by atoms with E-state index < -0.39 is 18.1 Å². The summed E-state index contributed by atoms with van der Waals surface area (Å²) in [5, 5.41) is 3.88. The van der Waals surface area contributed by atoms with E-state index in [4.69, 9.17) is 32.2 Å². The lowest BCUT2D eigenvalue weighted by molar-refractivity contribution is 0.275. The first-order valence-corrected chi connectivity index (χ1v) is 4.60. The molecule has 0 unspecified atom stereocenters. The molecule has 0 saturated carbocycles. The van der Waals surface area contributed by atoms with Gasteiger partial charge in [-0.25, -0.2) is 9.70 Å². The van der Waals surface area contributed by atoms with E-state index in [0.29, 0.717) is 0 Å². The third kappa shape index (κ3) is 972000. The maximum atomic E-state index is 8.97. The first-order valence-electron chi connectivity index (χ1n) is 1.53. The second kappa shape index (κ2) is 3.98. The van der Waals surface area contributed by atoms with Gasteiger partial charge in [-0.2, -0.15) is 8.42 Å². The highest BCUT2D eigenvalue weighted by molar-refractivity contribution is 7.83. The Balaban J connectivity index is 0. The lowest BCUT2D eigenvalue weighted by Crippen LogP contribution is -2.08. The van der Waals surface area contributed by atoms with Crippen molar-refractivity contribution in [2.75, 3.05) is 0 Å². The zero-order valence-electron chi connectivity index (χ0n) is 4.45. The molecule has 8 nitrogen and oxygen atoms in total. The quantitative estimate of drug-likeness (QED) is 0.217. The summed E-state index contributed by atoms with van der Waals surface area (Å²) < 4.78 is 34.1. The van der Waals surface area contributed by atoms with Gasteiger partial charge in [-0.05, 0) is 0 Å². The second-order valence-electron chi connectivity index (χ2n) is 1.03. The van der Waals surface area contributed by atoms with Crippen LogP contribution in [0.15, 0.2) is 0 Å². The summed E-state index contributed by atoms with van der Waals surface area (Å²) in [5.41, 5.74) is 0. The molecule has 6 N–H and O–H groups in total. The van der Waals surface area contributed by atoms with Gasteiger partial charge in [0.05, 0.1) is 0 Å². The summed E-state index contributed by atoms with van der Waals surface area (Å²) in [7, 11) is -8.81. The molecule has 10 heteroatoms. The van der Waals surface area contributed by atoms with Crippen molar-refractivity contribution in [1.82, 2.24) is 0 Å². The predicted octanol–water partition coefficient (Wildman–Crippen LogP) is -2.18. The minimum absolute atomic E-state index is 3.88. The first kappa shape index (κ1) is 12.6. The Bertz CT molecular complexity index is 191. The molecule has 0 aliphatic heterocycles. The van der Waals surface area contributed by atoms with E-state index in [1.54, 1.807) is 0 Å². The standard InChI is InChI=1S/H3NO3S.H3O4P/c2*1-5(2,3)4/h2*(H3,1,2,3,4). The van der Waals surface area contributed by atoms with Crippen LogP contribution in [0.3, 0.4) is 0 Å². The Morgan fingerprint density at radius 1 is 1.20 bits per heavy atom. The first-order chi connectivity index (χ1) is 4.00. The van der Waals surface area contributed by atoms with Crippen LogP contribution < -0.4 is 5.14 Å². The Kier molecular flexibility index (Phi) is 5.04. The van der Waals surface area contributed by atoms with Crippen LogP contribution >= 0.6 is 7.82 Å². The third-order valence-corrected chi connectivity index (χ3v) is 0. The number of hydrogen-bond acceptors (Lipinski definition) is 3. The Labute approximate surface area is 56.4 Å². The summed E-state index contributed by atoms with van der Waals surface area (Å²) in [6, 6.07) is 0. The van der Waals surface area contributed by atoms with Gasteiger partial charge in [0.1, 0.15) is 0 Å². The molecule has 0 aromatic carbocycles. The van der Waals surface area contributed by atoms with Crippen LogP contribution in [0.25, 0.3) is 0 Å². The molecular formula is H6NO7PS. The number of rotatable bonds is 0. The number of nitrogens with two attached hydrogens (primary N) is 1. The van der Waals surface area contributed by atoms with E-state index >= 15 is 0 Å². The molecule has 0 aromatic heterocycles. The van der Waals surface area contributed by atoms with Gasteiger partial charge in [-0.3, -0.25) is 4.55 Å². The fraction of sp³-hybridized carbons (Fsp3) is 0. The molecule has 0 aromatic rings. The zero-order chi connectivity index (χ0) is 9.00. The number of phosphoric acid groups is 1. The topological polar surface area (TPSA) is 158 Å². The van der Waals surface area contributed by atoms with Crippen molar-refractivity contribution in [3.05, 3.63) is 0 Å². The molecule has 0 fully saturated rings. The molecule has 0 spiro atoms. The molecule has 0 aliphatic carbocycles. The summed E-state index contributed by atoms with van der Waals surface area (Å²) in [5.74, 6) is 0. The van der Waals surface area contributed by atoms with E-state index in [-0.39, 0.29) is 0 Å². The Hall–Kier alpha value is -0.0200. The molecule has 64 valence electrons. The van der Waals surface area contributed by atoms with Gasteiger partial charge >= 0.3 is 18.1 Å². The molecule has 10 heavy (non-hydrogen) atoms. The van der Waals surface area contributed by atoms with Crippen molar-refractivity contribution in [1.29, 1.82) is 0 Å². The van der Waals surface area contributed by atoms with Crippen LogP contribution in [0.2, 0.25) is 0 Å². The van der Waals surface area contributed by atoms with Crippen LogP contribution in [0.5, 0.6) is 0 Å². The smallest absolute Gasteiger partial charge is 0.303 e.